The van der Waals surface area contributed by atoms with Crippen molar-refractivity contribution in [1.82, 2.24) is 20.2 Å². The molecule has 0 aliphatic carbocycles. The number of thiazole rings is 2. The number of carbonyl (C=O) groups is 3. The highest BCUT2D eigenvalue weighted by molar-refractivity contribution is 8.00. The quantitative estimate of drug-likeness (QED) is 0.164. The molecule has 0 aromatic carbocycles. The number of oxime groups is 1. The minimum absolute atomic E-state index is 0.123. The van der Waals surface area contributed by atoms with Crippen LogP contribution in [-0.2, 0) is 25.8 Å². The number of nitrogens with zero attached hydrogens (tertiary/aromatic N) is 5. The summed E-state index contributed by atoms with van der Waals surface area (Å²) in [6.45, 7) is 2.19. The van der Waals surface area contributed by atoms with E-state index in [4.69, 9.17) is 10.6 Å². The van der Waals surface area contributed by atoms with Gasteiger partial charge in [0.05, 0.1) is 21.9 Å². The van der Waals surface area contributed by atoms with E-state index in [2.05, 4.69) is 20.4 Å². The van der Waals surface area contributed by atoms with Gasteiger partial charge in [0.25, 0.3) is 11.8 Å². The van der Waals surface area contributed by atoms with Gasteiger partial charge in [0, 0.05) is 22.8 Å². The van der Waals surface area contributed by atoms with Crippen molar-refractivity contribution < 1.29 is 28.9 Å². The van der Waals surface area contributed by atoms with Gasteiger partial charge in [-0.25, -0.2) is 9.97 Å². The monoisotopic (exact) mass is 545 g/mol. The lowest BCUT2D eigenvalue weighted by Gasteiger charge is -2.50. The zero-order valence-corrected chi connectivity index (χ0v) is 21.2. The Kier molecular flexibility index (Phi) is 6.59. The first kappa shape index (κ1) is 24.1. The molecule has 186 valence electrons. The summed E-state index contributed by atoms with van der Waals surface area (Å²) in [6, 6.07) is 0.961. The molecule has 36 heavy (non-hydrogen) atoms. The fourth-order valence-electron chi connectivity index (χ4n) is 3.90. The number of hydrogen-bond donors (Lipinski definition) is 2. The number of hydrogen-bond acceptors (Lipinski definition) is 12. The van der Waals surface area contributed by atoms with Crippen LogP contribution in [0.2, 0.25) is 0 Å². The molecule has 5 rings (SSSR count). The highest BCUT2D eigenvalue weighted by Gasteiger charge is 2.53. The smallest absolute Gasteiger partial charge is 0.276 e. The van der Waals surface area contributed by atoms with Gasteiger partial charge < -0.3 is 25.8 Å². The predicted molar refractivity (Wildman–Crippen MR) is 132 cm³/mol. The molecule has 3 aromatic heterocycles. The van der Waals surface area contributed by atoms with Crippen LogP contribution in [0.25, 0.3) is 10.2 Å². The maximum absolute atomic E-state index is 13.0. The maximum atomic E-state index is 13.0. The highest BCUT2D eigenvalue weighted by Crippen LogP contribution is 2.40. The molecule has 1 fully saturated rings. The van der Waals surface area contributed by atoms with E-state index in [0.29, 0.717) is 11.3 Å². The number of carbonyl (C=O) groups excluding carboxylic acids is 3. The first-order valence-corrected chi connectivity index (χ1v) is 13.5. The Morgan fingerprint density at radius 1 is 1.42 bits per heavy atom. The number of nitrogens with one attached hydrogen (secondary N) is 1. The fourth-order valence-corrected chi connectivity index (χ4v) is 6.43. The minimum atomic E-state index is -1.44. The van der Waals surface area contributed by atoms with Gasteiger partial charge in [0.1, 0.15) is 29.2 Å². The van der Waals surface area contributed by atoms with Gasteiger partial charge in [0.15, 0.2) is 29.8 Å². The van der Waals surface area contributed by atoms with Gasteiger partial charge in [-0.2, -0.15) is 4.57 Å². The molecule has 1 unspecified atom stereocenters. The van der Waals surface area contributed by atoms with Crippen molar-refractivity contribution in [2.45, 2.75) is 24.9 Å². The molecule has 12 nitrogen and oxygen atoms in total. The third kappa shape index (κ3) is 4.40. The molecule has 0 bridgehead atoms. The molecule has 0 saturated carbocycles. The van der Waals surface area contributed by atoms with Crippen molar-refractivity contribution in [1.29, 1.82) is 0 Å². The number of aliphatic carboxylic acids is 1. The third-order valence-electron chi connectivity index (χ3n) is 5.49. The SMILES string of the molecule is CCON=C(C(=O)NC1C(=O)N2C(C(=O)[O-])=C(C[n+]3ccc4scnc4c3)CS[C@@H]12)c1csc(N)n1. The first-order valence-electron chi connectivity index (χ1n) is 10.7. The molecule has 0 spiro atoms. The Labute approximate surface area is 216 Å². The van der Waals surface area contributed by atoms with Gasteiger partial charge >= 0.3 is 0 Å². The van der Waals surface area contributed by atoms with E-state index in [-0.39, 0.29) is 35.4 Å². The average molecular weight is 546 g/mol. The Morgan fingerprint density at radius 2 is 2.25 bits per heavy atom. The summed E-state index contributed by atoms with van der Waals surface area (Å²) in [5.41, 5.74) is 8.67. The topological polar surface area (TPSA) is 167 Å². The van der Waals surface area contributed by atoms with Crippen molar-refractivity contribution in [2.24, 2.45) is 5.16 Å². The molecule has 3 aromatic rings. The fraction of sp³-hybridized carbons (Fsp3) is 0.286. The van der Waals surface area contributed by atoms with E-state index in [1.54, 1.807) is 17.8 Å². The minimum Gasteiger partial charge on any atom is -0.543 e. The lowest BCUT2D eigenvalue weighted by atomic mass is 10.0. The van der Waals surface area contributed by atoms with Crippen molar-refractivity contribution in [3.05, 3.63) is 46.3 Å². The molecular formula is C21H19N7O5S3. The van der Waals surface area contributed by atoms with Gasteiger partial charge in [0.2, 0.25) is 0 Å². The molecule has 3 N–H and O–H groups in total. The number of amides is 2. The summed E-state index contributed by atoms with van der Waals surface area (Å²) in [4.78, 5) is 52.6. The zero-order chi connectivity index (χ0) is 25.4. The molecule has 1 saturated heterocycles. The summed E-state index contributed by atoms with van der Waals surface area (Å²) in [7, 11) is 0. The van der Waals surface area contributed by atoms with E-state index >= 15 is 0 Å². The number of carboxylic acid groups (broad SMARTS) is 1. The number of pyridine rings is 1. The number of aromatic nitrogens is 3. The van der Waals surface area contributed by atoms with E-state index in [1.165, 1.54) is 28.0 Å². The lowest BCUT2D eigenvalue weighted by molar-refractivity contribution is -0.687. The van der Waals surface area contributed by atoms with Crippen LogP contribution in [-0.4, -0.2) is 62.1 Å². The number of anilines is 1. The van der Waals surface area contributed by atoms with Crippen molar-refractivity contribution in [3.63, 3.8) is 0 Å². The number of rotatable bonds is 8. The zero-order valence-electron chi connectivity index (χ0n) is 18.7. The predicted octanol–water partition coefficient (Wildman–Crippen LogP) is -0.533. The van der Waals surface area contributed by atoms with Crippen molar-refractivity contribution in [2.75, 3.05) is 18.1 Å². The maximum Gasteiger partial charge on any atom is 0.276 e. The van der Waals surface area contributed by atoms with Crippen LogP contribution in [0.1, 0.15) is 12.6 Å². The number of nitrogen functional groups attached to an aromatic ring is 1. The third-order valence-corrected chi connectivity index (χ3v) is 8.32. The second-order valence-electron chi connectivity index (χ2n) is 7.75. The van der Waals surface area contributed by atoms with Gasteiger partial charge in [-0.1, -0.05) is 5.16 Å². The molecule has 15 heteroatoms. The Morgan fingerprint density at radius 3 is 2.97 bits per heavy atom. The number of nitrogens with two attached hydrogens (primary N) is 1. The molecule has 2 aliphatic heterocycles. The Hall–Kier alpha value is -3.56. The molecule has 2 atom stereocenters. The van der Waals surface area contributed by atoms with Crippen LogP contribution in [0.5, 0.6) is 0 Å². The Bertz CT molecular complexity index is 1430. The summed E-state index contributed by atoms with van der Waals surface area (Å²) >= 11 is 4.00. The van der Waals surface area contributed by atoms with Gasteiger partial charge in [-0.15, -0.1) is 34.4 Å². The standard InChI is InChI=1S/C21H19N7O5S3/c1-2-33-26-14(12-8-35-21(22)24-12)17(29)25-15-18(30)28-16(20(31)32)10(7-34-19(15)28)5-27-4-3-13-11(6-27)23-9-36-13/h3-4,6,8-9,15,19H,2,5,7H2,1H3,(H3-,22,24,25,29,31,32)/t15?,19-/m0/s1. The lowest BCUT2D eigenvalue weighted by Crippen LogP contribution is -2.71. The van der Waals surface area contributed by atoms with Crippen molar-refractivity contribution in [3.8, 4) is 0 Å². The van der Waals surface area contributed by atoms with Crippen molar-refractivity contribution >= 4 is 73.3 Å². The first-order chi connectivity index (χ1) is 17.4. The summed E-state index contributed by atoms with van der Waals surface area (Å²) in [5, 5.41) is 19.7. The summed E-state index contributed by atoms with van der Waals surface area (Å²) in [5.74, 6) is -2.33. The van der Waals surface area contributed by atoms with Gasteiger partial charge in [-0.05, 0) is 6.92 Å². The van der Waals surface area contributed by atoms with Gasteiger partial charge in [-0.3, -0.25) is 14.5 Å². The normalized spacial score (nSPS) is 19.8. The van der Waals surface area contributed by atoms with E-state index < -0.39 is 29.2 Å². The second kappa shape index (κ2) is 9.83. The summed E-state index contributed by atoms with van der Waals surface area (Å²) < 4.78 is 2.84. The average Bonchev–Trinajstić information content (AvgIpc) is 3.50. The van der Waals surface area contributed by atoms with E-state index in [1.807, 2.05) is 23.0 Å². The van der Waals surface area contributed by atoms with E-state index in [9.17, 15) is 19.5 Å². The molecule has 2 aliphatic rings. The molecular weight excluding hydrogens is 526 g/mol. The number of carboxylic acids is 1. The van der Waals surface area contributed by atoms with E-state index in [0.717, 1.165) is 21.6 Å². The highest BCUT2D eigenvalue weighted by atomic mass is 32.2. The molecule has 2 amide bonds. The van der Waals surface area contributed by atoms with Crippen LogP contribution in [0.15, 0.2) is 45.8 Å². The summed E-state index contributed by atoms with van der Waals surface area (Å²) in [6.07, 6.45) is 3.66. The second-order valence-corrected chi connectivity index (χ2v) is 10.6. The number of thioether (sulfide) groups is 1. The van der Waals surface area contributed by atoms with Crippen LogP contribution in [0, 0.1) is 0 Å². The van der Waals surface area contributed by atoms with Crippen LogP contribution in [0.3, 0.4) is 0 Å². The molecule has 5 heterocycles. The molecule has 0 radical (unpaired) electrons. The van der Waals surface area contributed by atoms with Crippen LogP contribution in [0.4, 0.5) is 5.13 Å². The van der Waals surface area contributed by atoms with Crippen LogP contribution >= 0.6 is 34.4 Å². The largest absolute Gasteiger partial charge is 0.543 e. The number of β-lactam (4-membered cyclic amide) rings is 1. The van der Waals surface area contributed by atoms with Crippen LogP contribution < -0.4 is 20.7 Å². The Balaban J connectivity index is 1.35. The number of fused-ring (bicyclic) bond motifs is 2.